The van der Waals surface area contributed by atoms with E-state index in [-0.39, 0.29) is 23.5 Å². The van der Waals surface area contributed by atoms with Crippen molar-refractivity contribution in [2.75, 3.05) is 24.3 Å². The third-order valence-corrected chi connectivity index (χ3v) is 5.51. The van der Waals surface area contributed by atoms with E-state index in [2.05, 4.69) is 0 Å². The highest BCUT2D eigenvalue weighted by molar-refractivity contribution is 8.00. The average molecular weight is 350 g/mol. The van der Waals surface area contributed by atoms with Crippen LogP contribution in [0, 0.1) is 0 Å². The zero-order valence-corrected chi connectivity index (χ0v) is 14.8. The predicted octanol–water partition coefficient (Wildman–Crippen LogP) is 2.71. The van der Waals surface area contributed by atoms with Gasteiger partial charge in [0.2, 0.25) is 5.91 Å². The first-order valence-corrected chi connectivity index (χ1v) is 10.0. The Labute approximate surface area is 135 Å². The minimum absolute atomic E-state index is 0.0245. The molecule has 4 nitrogen and oxygen atoms in total. The summed E-state index contributed by atoms with van der Waals surface area (Å²) >= 11 is 7.41. The molecule has 118 valence electrons. The predicted molar refractivity (Wildman–Crippen MR) is 88.7 cm³/mol. The van der Waals surface area contributed by atoms with Crippen molar-refractivity contribution in [1.82, 2.24) is 4.90 Å². The van der Waals surface area contributed by atoms with Crippen LogP contribution in [0.25, 0.3) is 0 Å². The molecule has 1 unspecified atom stereocenters. The van der Waals surface area contributed by atoms with Crippen molar-refractivity contribution in [2.24, 2.45) is 0 Å². The van der Waals surface area contributed by atoms with Crippen LogP contribution in [0.15, 0.2) is 29.2 Å². The van der Waals surface area contributed by atoms with Gasteiger partial charge in [-0.15, -0.1) is 11.8 Å². The molecule has 0 aliphatic heterocycles. The Morgan fingerprint density at radius 3 is 2.52 bits per heavy atom. The normalized spacial score (nSPS) is 13.0. The minimum Gasteiger partial charge on any atom is -0.339 e. The second-order valence-electron chi connectivity index (χ2n) is 4.84. The fourth-order valence-electron chi connectivity index (χ4n) is 2.05. The Hall–Kier alpha value is -0.720. The number of hydrogen-bond donors (Lipinski definition) is 0. The largest absolute Gasteiger partial charge is 0.339 e. The molecule has 0 radical (unpaired) electrons. The summed E-state index contributed by atoms with van der Waals surface area (Å²) in [6, 6.07) is 7.00. The maximum absolute atomic E-state index is 12.3. The van der Waals surface area contributed by atoms with Crippen molar-refractivity contribution in [1.29, 1.82) is 0 Å². The number of nitrogens with zero attached hydrogens (tertiary/aromatic N) is 1. The molecule has 0 aromatic heterocycles. The van der Waals surface area contributed by atoms with Crippen molar-refractivity contribution in [3.8, 4) is 0 Å². The van der Waals surface area contributed by atoms with Gasteiger partial charge in [-0.3, -0.25) is 4.79 Å². The van der Waals surface area contributed by atoms with Gasteiger partial charge in [-0.25, -0.2) is 8.42 Å². The molecule has 1 aromatic rings. The van der Waals surface area contributed by atoms with E-state index in [4.69, 9.17) is 11.6 Å². The number of carbonyl (C=O) groups is 1. The van der Waals surface area contributed by atoms with Gasteiger partial charge in [0.15, 0.2) is 0 Å². The van der Waals surface area contributed by atoms with Crippen LogP contribution in [0.4, 0.5) is 0 Å². The summed E-state index contributed by atoms with van der Waals surface area (Å²) in [4.78, 5) is 14.7. The Balaban J connectivity index is 2.66. The second kappa shape index (κ2) is 8.06. The number of halogens is 1. The lowest BCUT2D eigenvalue weighted by Crippen LogP contribution is -2.43. The maximum atomic E-state index is 12.3. The number of amides is 1. The van der Waals surface area contributed by atoms with Crippen LogP contribution in [0.5, 0.6) is 0 Å². The Morgan fingerprint density at radius 1 is 1.38 bits per heavy atom. The lowest BCUT2D eigenvalue weighted by atomic mass is 10.3. The summed E-state index contributed by atoms with van der Waals surface area (Å²) in [7, 11) is -3.11. The third kappa shape index (κ3) is 6.28. The smallest absolute Gasteiger partial charge is 0.233 e. The fraction of sp³-hybridized carbons (Fsp3) is 0.500. The van der Waals surface area contributed by atoms with Gasteiger partial charge < -0.3 is 4.90 Å². The molecule has 0 fully saturated rings. The van der Waals surface area contributed by atoms with Crippen LogP contribution >= 0.6 is 23.4 Å². The van der Waals surface area contributed by atoms with Crippen LogP contribution in [-0.2, 0) is 14.6 Å². The molecule has 0 bridgehead atoms. The van der Waals surface area contributed by atoms with E-state index in [0.717, 1.165) is 4.90 Å². The molecule has 7 heteroatoms. The minimum atomic E-state index is -3.11. The number of carbonyl (C=O) groups excluding carboxylic acids is 1. The Morgan fingerprint density at radius 2 is 2.00 bits per heavy atom. The van der Waals surface area contributed by atoms with Crippen molar-refractivity contribution in [2.45, 2.75) is 24.8 Å². The van der Waals surface area contributed by atoms with Crippen LogP contribution in [0.1, 0.15) is 13.8 Å². The first kappa shape index (κ1) is 18.3. The van der Waals surface area contributed by atoms with Crippen LogP contribution in [0.3, 0.4) is 0 Å². The molecule has 0 saturated heterocycles. The van der Waals surface area contributed by atoms with E-state index in [1.54, 1.807) is 17.9 Å². The van der Waals surface area contributed by atoms with Gasteiger partial charge in [0.05, 0.1) is 16.5 Å². The fourth-order valence-corrected chi connectivity index (χ4v) is 4.23. The monoisotopic (exact) mass is 349 g/mol. The summed E-state index contributed by atoms with van der Waals surface area (Å²) in [5.74, 6) is 0.133. The SMILES string of the molecule is CCN(C(=O)CSc1ccccc1Cl)C(C)CS(C)(=O)=O. The van der Waals surface area contributed by atoms with Gasteiger partial charge in [-0.2, -0.15) is 0 Å². The molecule has 0 aliphatic rings. The van der Waals surface area contributed by atoms with E-state index in [1.807, 2.05) is 25.1 Å². The number of hydrogen-bond acceptors (Lipinski definition) is 4. The number of thioether (sulfide) groups is 1. The van der Waals surface area contributed by atoms with Gasteiger partial charge >= 0.3 is 0 Å². The molecule has 21 heavy (non-hydrogen) atoms. The summed E-state index contributed by atoms with van der Waals surface area (Å²) in [5.41, 5.74) is 0. The highest BCUT2D eigenvalue weighted by Crippen LogP contribution is 2.26. The molecule has 0 aliphatic carbocycles. The first-order chi connectivity index (χ1) is 9.74. The molecular formula is C14H20ClNO3S2. The van der Waals surface area contributed by atoms with Crippen molar-refractivity contribution < 1.29 is 13.2 Å². The molecule has 1 rings (SSSR count). The highest BCUT2D eigenvalue weighted by Gasteiger charge is 2.22. The topological polar surface area (TPSA) is 54.5 Å². The van der Waals surface area contributed by atoms with E-state index in [0.29, 0.717) is 11.6 Å². The van der Waals surface area contributed by atoms with Gasteiger partial charge in [-0.05, 0) is 26.0 Å². The van der Waals surface area contributed by atoms with E-state index in [1.165, 1.54) is 18.0 Å². The van der Waals surface area contributed by atoms with Crippen molar-refractivity contribution in [3.05, 3.63) is 29.3 Å². The molecular weight excluding hydrogens is 330 g/mol. The molecule has 1 aromatic carbocycles. The quantitative estimate of drug-likeness (QED) is 0.710. The summed E-state index contributed by atoms with van der Waals surface area (Å²) in [6.45, 7) is 4.08. The maximum Gasteiger partial charge on any atom is 0.233 e. The Kier molecular flexibility index (Phi) is 7.03. The molecule has 0 spiro atoms. The van der Waals surface area contributed by atoms with Gasteiger partial charge in [0.1, 0.15) is 9.84 Å². The van der Waals surface area contributed by atoms with Crippen LogP contribution in [-0.4, -0.2) is 49.6 Å². The number of benzene rings is 1. The zero-order valence-electron chi connectivity index (χ0n) is 12.4. The van der Waals surface area contributed by atoms with Crippen LogP contribution in [0.2, 0.25) is 5.02 Å². The van der Waals surface area contributed by atoms with Crippen molar-refractivity contribution in [3.63, 3.8) is 0 Å². The molecule has 1 atom stereocenters. The number of sulfone groups is 1. The molecule has 0 saturated carbocycles. The zero-order chi connectivity index (χ0) is 16.0. The summed E-state index contributed by atoms with van der Waals surface area (Å²) in [6.07, 6.45) is 1.18. The van der Waals surface area contributed by atoms with Crippen LogP contribution < -0.4 is 0 Å². The number of rotatable bonds is 7. The second-order valence-corrected chi connectivity index (χ2v) is 8.45. The molecule has 1 amide bonds. The summed E-state index contributed by atoms with van der Waals surface area (Å²) in [5, 5.41) is 0.613. The highest BCUT2D eigenvalue weighted by atomic mass is 35.5. The Bertz CT molecular complexity index is 590. The molecule has 0 N–H and O–H groups in total. The summed E-state index contributed by atoms with van der Waals surface area (Å²) < 4.78 is 22.7. The van der Waals surface area contributed by atoms with E-state index < -0.39 is 9.84 Å². The lowest BCUT2D eigenvalue weighted by Gasteiger charge is -2.27. The standard InChI is InChI=1S/C14H20ClNO3S2/c1-4-16(11(2)10-21(3,18)19)14(17)9-20-13-8-6-5-7-12(13)15/h5-8,11H,4,9-10H2,1-3H3. The third-order valence-electron chi connectivity index (χ3n) is 2.92. The van der Waals surface area contributed by atoms with Crippen molar-refractivity contribution >= 4 is 39.1 Å². The van der Waals surface area contributed by atoms with E-state index >= 15 is 0 Å². The molecule has 0 heterocycles. The van der Waals surface area contributed by atoms with E-state index in [9.17, 15) is 13.2 Å². The van der Waals surface area contributed by atoms with Gasteiger partial charge in [0.25, 0.3) is 0 Å². The first-order valence-electron chi connectivity index (χ1n) is 6.59. The average Bonchev–Trinajstić information content (AvgIpc) is 2.36. The lowest BCUT2D eigenvalue weighted by molar-refractivity contribution is -0.129. The van der Waals surface area contributed by atoms with Gasteiger partial charge in [0, 0.05) is 23.7 Å². The van der Waals surface area contributed by atoms with Gasteiger partial charge in [-0.1, -0.05) is 23.7 Å².